The number of hydrogen-bond acceptors (Lipinski definition) is 3. The summed E-state index contributed by atoms with van der Waals surface area (Å²) in [4.78, 5) is 0. The van der Waals surface area contributed by atoms with Crippen molar-refractivity contribution in [2.75, 3.05) is 0 Å². The van der Waals surface area contributed by atoms with Gasteiger partial charge in [0.1, 0.15) is 0 Å². The zero-order chi connectivity index (χ0) is 15.8. The quantitative estimate of drug-likeness (QED) is 0.661. The van der Waals surface area contributed by atoms with Crippen LogP contribution < -0.4 is 11.3 Å². The van der Waals surface area contributed by atoms with E-state index in [-0.39, 0.29) is 17.2 Å². The molecule has 1 aliphatic heterocycles. The summed E-state index contributed by atoms with van der Waals surface area (Å²) in [6.45, 7) is 13.0. The summed E-state index contributed by atoms with van der Waals surface area (Å²) in [5, 5.41) is 0. The van der Waals surface area contributed by atoms with Crippen molar-refractivity contribution in [3.63, 3.8) is 0 Å². The third-order valence-corrected chi connectivity index (χ3v) is 4.87. The van der Waals surface area contributed by atoms with Gasteiger partial charge in [-0.2, -0.15) is 0 Å². The smallest absolute Gasteiger partial charge is 0.0678 e. The summed E-state index contributed by atoms with van der Waals surface area (Å²) in [6.07, 6.45) is 1.96. The highest BCUT2D eigenvalue weighted by molar-refractivity contribution is 5.30. The first-order chi connectivity index (χ1) is 9.64. The highest BCUT2D eigenvalue weighted by Crippen LogP contribution is 2.44. The molecule has 0 amide bonds. The molecule has 1 saturated heterocycles. The average Bonchev–Trinajstić information content (AvgIpc) is 2.58. The molecule has 3 nitrogen and oxygen atoms in total. The van der Waals surface area contributed by atoms with Crippen LogP contribution in [0, 0.1) is 19.8 Å². The Balaban J connectivity index is 2.18. The van der Waals surface area contributed by atoms with Gasteiger partial charge in [0.25, 0.3) is 0 Å². The Kier molecular flexibility index (Phi) is 4.48. The molecule has 0 radical (unpaired) electrons. The van der Waals surface area contributed by atoms with Crippen molar-refractivity contribution >= 4 is 0 Å². The molecule has 0 bridgehead atoms. The van der Waals surface area contributed by atoms with Crippen LogP contribution in [0.2, 0.25) is 0 Å². The second-order valence-corrected chi connectivity index (χ2v) is 7.67. The number of ether oxygens (including phenoxy) is 1. The Morgan fingerprint density at radius 1 is 1.24 bits per heavy atom. The zero-order valence-electron chi connectivity index (χ0n) is 14.3. The minimum Gasteiger partial charge on any atom is -0.369 e. The summed E-state index contributed by atoms with van der Waals surface area (Å²) < 4.78 is 6.22. The van der Waals surface area contributed by atoms with Crippen molar-refractivity contribution in [1.82, 2.24) is 5.43 Å². The minimum absolute atomic E-state index is 0.0769. The van der Waals surface area contributed by atoms with Gasteiger partial charge in [0.2, 0.25) is 0 Å². The van der Waals surface area contributed by atoms with Gasteiger partial charge in [0.15, 0.2) is 0 Å². The van der Waals surface area contributed by atoms with Crippen LogP contribution in [-0.2, 0) is 11.2 Å². The average molecular weight is 290 g/mol. The molecule has 0 aliphatic carbocycles. The molecule has 118 valence electrons. The Morgan fingerprint density at radius 2 is 1.90 bits per heavy atom. The molecule has 2 unspecified atom stereocenters. The first-order valence-corrected chi connectivity index (χ1v) is 7.87. The predicted octanol–water partition coefficient (Wildman–Crippen LogP) is 3.27. The van der Waals surface area contributed by atoms with E-state index in [1.165, 1.54) is 16.7 Å². The topological polar surface area (TPSA) is 47.3 Å². The Hall–Kier alpha value is -0.900. The maximum absolute atomic E-state index is 6.22. The van der Waals surface area contributed by atoms with Gasteiger partial charge in [-0.15, -0.1) is 0 Å². The third-order valence-electron chi connectivity index (χ3n) is 4.87. The lowest BCUT2D eigenvalue weighted by Crippen LogP contribution is -2.48. The summed E-state index contributed by atoms with van der Waals surface area (Å²) in [5.74, 6) is 6.27. The maximum Gasteiger partial charge on any atom is 0.0678 e. The van der Waals surface area contributed by atoms with Crippen molar-refractivity contribution in [1.29, 1.82) is 0 Å². The fourth-order valence-corrected chi connectivity index (χ4v) is 3.73. The molecule has 0 aromatic heterocycles. The first kappa shape index (κ1) is 16.5. The third kappa shape index (κ3) is 3.65. The van der Waals surface area contributed by atoms with Gasteiger partial charge < -0.3 is 4.74 Å². The number of benzene rings is 1. The molecule has 0 spiro atoms. The minimum atomic E-state index is -0.153. The fraction of sp³-hybridized carbons (Fsp3) is 0.667. The largest absolute Gasteiger partial charge is 0.369 e. The van der Waals surface area contributed by atoms with Gasteiger partial charge in [0, 0.05) is 12.0 Å². The molecule has 1 aliphatic rings. The molecule has 1 heterocycles. The van der Waals surface area contributed by atoms with E-state index in [1.807, 2.05) is 0 Å². The normalized spacial score (nSPS) is 25.0. The van der Waals surface area contributed by atoms with Gasteiger partial charge in [-0.1, -0.05) is 18.2 Å². The van der Waals surface area contributed by atoms with Crippen LogP contribution in [0.4, 0.5) is 0 Å². The van der Waals surface area contributed by atoms with Crippen LogP contribution in [0.25, 0.3) is 0 Å². The molecule has 3 N–H and O–H groups in total. The van der Waals surface area contributed by atoms with Crippen LogP contribution >= 0.6 is 0 Å². The SMILES string of the molecule is Cc1ccc(CC(NN)C2CC(C)(C)OC2(C)C)cc1C. The van der Waals surface area contributed by atoms with E-state index in [0.29, 0.717) is 5.92 Å². The van der Waals surface area contributed by atoms with Crippen molar-refractivity contribution in [3.05, 3.63) is 34.9 Å². The van der Waals surface area contributed by atoms with Crippen LogP contribution in [-0.4, -0.2) is 17.2 Å². The Labute approximate surface area is 129 Å². The van der Waals surface area contributed by atoms with Gasteiger partial charge in [-0.05, 0) is 71.1 Å². The number of nitrogens with two attached hydrogens (primary N) is 1. The summed E-state index contributed by atoms with van der Waals surface area (Å²) in [5.41, 5.74) is 6.82. The highest BCUT2D eigenvalue weighted by atomic mass is 16.5. The van der Waals surface area contributed by atoms with Gasteiger partial charge in [-0.25, -0.2) is 0 Å². The van der Waals surface area contributed by atoms with E-state index in [2.05, 4.69) is 65.2 Å². The zero-order valence-corrected chi connectivity index (χ0v) is 14.3. The van der Waals surface area contributed by atoms with Crippen LogP contribution in [0.3, 0.4) is 0 Å². The Morgan fingerprint density at radius 3 is 2.38 bits per heavy atom. The lowest BCUT2D eigenvalue weighted by Gasteiger charge is -2.32. The molecule has 0 saturated carbocycles. The molecule has 21 heavy (non-hydrogen) atoms. The molecule has 3 heteroatoms. The van der Waals surface area contributed by atoms with Crippen LogP contribution in [0.5, 0.6) is 0 Å². The molecule has 1 aromatic carbocycles. The van der Waals surface area contributed by atoms with Crippen LogP contribution in [0.15, 0.2) is 18.2 Å². The van der Waals surface area contributed by atoms with E-state index in [1.54, 1.807) is 0 Å². The number of nitrogens with one attached hydrogen (secondary N) is 1. The van der Waals surface area contributed by atoms with E-state index in [9.17, 15) is 0 Å². The molecular formula is C18H30N2O. The van der Waals surface area contributed by atoms with Crippen molar-refractivity contribution < 1.29 is 4.74 Å². The standard InChI is InChI=1S/C18H30N2O/c1-12-7-8-14(9-13(12)2)10-16(20-19)15-11-17(3,4)21-18(15,5)6/h7-9,15-16,20H,10-11,19H2,1-6H3. The number of hydrazine groups is 1. The van der Waals surface area contributed by atoms with Gasteiger partial charge in [0.05, 0.1) is 11.2 Å². The number of rotatable bonds is 4. The van der Waals surface area contributed by atoms with E-state index in [4.69, 9.17) is 10.6 Å². The summed E-state index contributed by atoms with van der Waals surface area (Å²) >= 11 is 0. The maximum atomic E-state index is 6.22. The van der Waals surface area contributed by atoms with E-state index >= 15 is 0 Å². The van der Waals surface area contributed by atoms with Crippen molar-refractivity contribution in [3.8, 4) is 0 Å². The predicted molar refractivity (Wildman–Crippen MR) is 88.1 cm³/mol. The van der Waals surface area contributed by atoms with Crippen molar-refractivity contribution in [2.45, 2.75) is 71.6 Å². The molecule has 2 rings (SSSR count). The summed E-state index contributed by atoms with van der Waals surface area (Å²) in [6, 6.07) is 6.90. The number of hydrogen-bond donors (Lipinski definition) is 2. The second-order valence-electron chi connectivity index (χ2n) is 7.67. The molecule has 1 aromatic rings. The molecule has 2 atom stereocenters. The summed E-state index contributed by atoms with van der Waals surface area (Å²) in [7, 11) is 0. The fourth-order valence-electron chi connectivity index (χ4n) is 3.73. The lowest BCUT2D eigenvalue weighted by molar-refractivity contribution is -0.0776. The van der Waals surface area contributed by atoms with E-state index < -0.39 is 0 Å². The van der Waals surface area contributed by atoms with Crippen LogP contribution in [0.1, 0.15) is 50.8 Å². The number of aryl methyl sites for hydroxylation is 2. The van der Waals surface area contributed by atoms with Gasteiger partial charge in [-0.3, -0.25) is 11.3 Å². The van der Waals surface area contributed by atoms with Gasteiger partial charge >= 0.3 is 0 Å². The second kappa shape index (κ2) is 5.71. The molecule has 1 fully saturated rings. The first-order valence-electron chi connectivity index (χ1n) is 7.87. The monoisotopic (exact) mass is 290 g/mol. The van der Waals surface area contributed by atoms with Crippen molar-refractivity contribution in [2.24, 2.45) is 11.8 Å². The lowest BCUT2D eigenvalue weighted by atomic mass is 9.79. The highest BCUT2D eigenvalue weighted by Gasteiger charge is 2.48. The van der Waals surface area contributed by atoms with E-state index in [0.717, 1.165) is 12.8 Å². The molecular weight excluding hydrogens is 260 g/mol. The Bertz CT molecular complexity index is 508.